The van der Waals surface area contributed by atoms with Gasteiger partial charge < -0.3 is 18.8 Å². The number of benzene rings is 2. The number of furan rings is 1. The smallest absolute Gasteiger partial charge is 0.262 e. The van der Waals surface area contributed by atoms with Crippen LogP contribution in [0, 0.1) is 0 Å². The van der Waals surface area contributed by atoms with E-state index in [0.29, 0.717) is 51.2 Å². The van der Waals surface area contributed by atoms with Crippen LogP contribution in [0.2, 0.25) is 0 Å². The van der Waals surface area contributed by atoms with Gasteiger partial charge in [-0.3, -0.25) is 14.2 Å². The third-order valence-electron chi connectivity index (χ3n) is 5.64. The number of ether oxygens (including phenoxy) is 2. The molecule has 0 radical (unpaired) electrons. The van der Waals surface area contributed by atoms with Gasteiger partial charge in [-0.2, -0.15) is 0 Å². The lowest BCUT2D eigenvalue weighted by atomic mass is 10.1. The van der Waals surface area contributed by atoms with Crippen LogP contribution in [-0.4, -0.2) is 54.6 Å². The van der Waals surface area contributed by atoms with Crippen LogP contribution in [0.4, 0.5) is 0 Å². The summed E-state index contributed by atoms with van der Waals surface area (Å²) in [4.78, 5) is 32.4. The van der Waals surface area contributed by atoms with Crippen LogP contribution in [-0.2, 0) is 12.3 Å². The maximum absolute atomic E-state index is 13.6. The molecule has 36 heavy (non-hydrogen) atoms. The Bertz CT molecular complexity index is 1410. The zero-order valence-corrected chi connectivity index (χ0v) is 21.6. The second-order valence-corrected chi connectivity index (χ2v) is 9.51. The molecule has 0 spiro atoms. The molecule has 0 saturated heterocycles. The van der Waals surface area contributed by atoms with Gasteiger partial charge in [-0.05, 0) is 69.6 Å². The van der Waals surface area contributed by atoms with Gasteiger partial charge in [0.15, 0.2) is 10.9 Å². The number of nitrogens with zero attached hydrogens (tertiary/aromatic N) is 3. The van der Waals surface area contributed by atoms with Crippen LogP contribution in [0.25, 0.3) is 10.9 Å². The molecule has 2 aromatic heterocycles. The maximum atomic E-state index is 13.6. The molecule has 0 bridgehead atoms. The van der Waals surface area contributed by atoms with Crippen LogP contribution >= 0.6 is 11.8 Å². The van der Waals surface area contributed by atoms with Crippen molar-refractivity contribution in [3.05, 3.63) is 82.0 Å². The van der Waals surface area contributed by atoms with E-state index < -0.39 is 0 Å². The maximum Gasteiger partial charge on any atom is 0.262 e. The number of Topliss-reactive ketones (excluding diaryl/α,β-unsaturated/α-hetero) is 1. The highest BCUT2D eigenvalue weighted by atomic mass is 32.2. The molecule has 0 fully saturated rings. The van der Waals surface area contributed by atoms with E-state index in [4.69, 9.17) is 18.9 Å². The number of hydrogen-bond acceptors (Lipinski definition) is 8. The summed E-state index contributed by atoms with van der Waals surface area (Å²) in [5, 5.41) is 1.02. The standard InChI is InChI=1S/C27H29N3O5S/c1-18(31)19-7-10-25(33-4)20(14-19)17-36-27-28-24-9-8-21(35-13-11-29(2)3)15-23(24)26(32)30(27)16-22-6-5-12-34-22/h5-10,12,14-15H,11,13,16-17H2,1-4H3. The van der Waals surface area contributed by atoms with Crippen molar-refractivity contribution >= 4 is 28.4 Å². The van der Waals surface area contributed by atoms with Crippen molar-refractivity contribution in [2.24, 2.45) is 0 Å². The molecule has 9 heteroatoms. The minimum atomic E-state index is -0.179. The summed E-state index contributed by atoms with van der Waals surface area (Å²) >= 11 is 1.40. The lowest BCUT2D eigenvalue weighted by Gasteiger charge is -2.15. The molecule has 0 amide bonds. The van der Waals surface area contributed by atoms with E-state index in [-0.39, 0.29) is 17.9 Å². The fourth-order valence-corrected chi connectivity index (χ4v) is 4.65. The van der Waals surface area contributed by atoms with Crippen molar-refractivity contribution in [1.29, 1.82) is 0 Å². The minimum Gasteiger partial charge on any atom is -0.496 e. The third-order valence-corrected chi connectivity index (χ3v) is 6.66. The average Bonchev–Trinajstić information content (AvgIpc) is 3.38. The molecule has 4 aromatic rings. The fourth-order valence-electron chi connectivity index (χ4n) is 3.68. The van der Waals surface area contributed by atoms with Crippen LogP contribution in [0.1, 0.15) is 28.6 Å². The van der Waals surface area contributed by atoms with Crippen molar-refractivity contribution in [3.8, 4) is 11.5 Å². The zero-order chi connectivity index (χ0) is 25.7. The topological polar surface area (TPSA) is 86.8 Å². The van der Waals surface area contributed by atoms with Gasteiger partial charge in [0.25, 0.3) is 5.56 Å². The Morgan fingerprint density at radius 1 is 1.17 bits per heavy atom. The van der Waals surface area contributed by atoms with Gasteiger partial charge >= 0.3 is 0 Å². The Morgan fingerprint density at radius 2 is 2.00 bits per heavy atom. The van der Waals surface area contributed by atoms with Gasteiger partial charge in [-0.25, -0.2) is 4.98 Å². The molecule has 0 aliphatic carbocycles. The summed E-state index contributed by atoms with van der Waals surface area (Å²) < 4.78 is 18.5. The highest BCUT2D eigenvalue weighted by molar-refractivity contribution is 7.98. The largest absolute Gasteiger partial charge is 0.496 e. The molecular formula is C27H29N3O5S. The lowest BCUT2D eigenvalue weighted by Crippen LogP contribution is -2.24. The Balaban J connectivity index is 1.70. The number of aromatic nitrogens is 2. The molecule has 0 aliphatic rings. The first-order chi connectivity index (χ1) is 17.4. The molecule has 0 aliphatic heterocycles. The summed E-state index contributed by atoms with van der Waals surface area (Å²) in [5.41, 5.74) is 1.86. The number of carbonyl (C=O) groups is 1. The van der Waals surface area contributed by atoms with Crippen molar-refractivity contribution in [2.45, 2.75) is 24.4 Å². The Morgan fingerprint density at radius 3 is 2.69 bits per heavy atom. The molecule has 0 N–H and O–H groups in total. The van der Waals surface area contributed by atoms with Crippen LogP contribution in [0.3, 0.4) is 0 Å². The highest BCUT2D eigenvalue weighted by Gasteiger charge is 2.16. The summed E-state index contributed by atoms with van der Waals surface area (Å²) in [5.74, 6) is 2.39. The molecule has 2 heterocycles. The summed E-state index contributed by atoms with van der Waals surface area (Å²) in [7, 11) is 5.55. The molecule has 0 saturated carbocycles. The second kappa shape index (κ2) is 11.5. The molecule has 0 unspecified atom stereocenters. The van der Waals surface area contributed by atoms with E-state index in [9.17, 15) is 9.59 Å². The van der Waals surface area contributed by atoms with Gasteiger partial charge in [-0.15, -0.1) is 0 Å². The number of hydrogen-bond donors (Lipinski definition) is 0. The van der Waals surface area contributed by atoms with Gasteiger partial charge in [-0.1, -0.05) is 11.8 Å². The van der Waals surface area contributed by atoms with Gasteiger partial charge in [0.05, 0.1) is 30.8 Å². The van der Waals surface area contributed by atoms with E-state index >= 15 is 0 Å². The third kappa shape index (κ3) is 5.98. The predicted molar refractivity (Wildman–Crippen MR) is 140 cm³/mol. The predicted octanol–water partition coefficient (Wildman–Crippen LogP) is 4.48. The number of ketones is 1. The Kier molecular flexibility index (Phi) is 8.12. The van der Waals surface area contributed by atoms with Crippen molar-refractivity contribution in [2.75, 3.05) is 34.4 Å². The molecule has 188 valence electrons. The number of rotatable bonds is 11. The first kappa shape index (κ1) is 25.5. The molecule has 0 atom stereocenters. The number of fused-ring (bicyclic) bond motifs is 1. The van der Waals surface area contributed by atoms with E-state index in [1.54, 1.807) is 48.3 Å². The quantitative estimate of drug-likeness (QED) is 0.167. The average molecular weight is 508 g/mol. The fraction of sp³-hybridized carbons (Fsp3) is 0.296. The van der Waals surface area contributed by atoms with Crippen molar-refractivity contribution in [1.82, 2.24) is 14.5 Å². The van der Waals surface area contributed by atoms with E-state index in [0.717, 1.165) is 12.1 Å². The molecule has 2 aromatic carbocycles. The van der Waals surface area contributed by atoms with Crippen molar-refractivity contribution < 1.29 is 18.7 Å². The minimum absolute atomic E-state index is 0.0222. The van der Waals surface area contributed by atoms with E-state index in [2.05, 4.69) is 0 Å². The Hall–Kier alpha value is -3.56. The van der Waals surface area contributed by atoms with Crippen LogP contribution < -0.4 is 15.0 Å². The highest BCUT2D eigenvalue weighted by Crippen LogP contribution is 2.29. The monoisotopic (exact) mass is 507 g/mol. The summed E-state index contributed by atoms with van der Waals surface area (Å²) in [6.07, 6.45) is 1.58. The van der Waals surface area contributed by atoms with Gasteiger partial charge in [0.1, 0.15) is 23.9 Å². The van der Waals surface area contributed by atoms with E-state index in [1.807, 2.05) is 37.2 Å². The number of thioether (sulfide) groups is 1. The normalized spacial score (nSPS) is 11.2. The first-order valence-electron chi connectivity index (χ1n) is 11.5. The number of methoxy groups -OCH3 is 1. The number of likely N-dealkylation sites (N-methyl/N-ethyl adjacent to an activating group) is 1. The first-order valence-corrected chi connectivity index (χ1v) is 12.5. The van der Waals surface area contributed by atoms with Crippen molar-refractivity contribution in [3.63, 3.8) is 0 Å². The number of carbonyl (C=O) groups excluding carboxylic acids is 1. The summed E-state index contributed by atoms with van der Waals surface area (Å²) in [6, 6.07) is 14.3. The second-order valence-electron chi connectivity index (χ2n) is 8.57. The molecule has 8 nitrogen and oxygen atoms in total. The molecular weight excluding hydrogens is 478 g/mol. The Labute approximate surface area is 213 Å². The van der Waals surface area contributed by atoms with Crippen LogP contribution in [0.5, 0.6) is 11.5 Å². The zero-order valence-electron chi connectivity index (χ0n) is 20.8. The lowest BCUT2D eigenvalue weighted by molar-refractivity contribution is 0.101. The van der Waals surface area contributed by atoms with Gasteiger partial charge in [0.2, 0.25) is 0 Å². The SMILES string of the molecule is COc1ccc(C(C)=O)cc1CSc1nc2ccc(OCCN(C)C)cc2c(=O)n1Cc1ccco1. The molecule has 4 rings (SSSR count). The summed E-state index contributed by atoms with van der Waals surface area (Å²) in [6.45, 7) is 3.06. The van der Waals surface area contributed by atoms with Crippen LogP contribution in [0.15, 0.2) is 69.2 Å². The van der Waals surface area contributed by atoms with Gasteiger partial charge in [0, 0.05) is 23.4 Å². The van der Waals surface area contributed by atoms with E-state index in [1.165, 1.54) is 18.7 Å².